The SMILES string of the molecule is CC1(C)c2ccccc2-c2cc(N(c3ccc(C45CC6CC(CC(C6)C4)C5)cc3)c3cccc(-c4cccc5cccc(-c6ccccc6)c45)c3)ccc21. The molecule has 0 heterocycles. The number of hydrogen-bond acceptors (Lipinski definition) is 1. The van der Waals surface area contributed by atoms with E-state index in [1.807, 2.05) is 0 Å². The van der Waals surface area contributed by atoms with Crippen molar-refractivity contribution >= 4 is 27.8 Å². The largest absolute Gasteiger partial charge is 0.310 e. The van der Waals surface area contributed by atoms with Gasteiger partial charge in [-0.1, -0.05) is 135 Å². The Bertz CT molecular complexity index is 2520. The zero-order chi connectivity index (χ0) is 36.0. The summed E-state index contributed by atoms with van der Waals surface area (Å²) >= 11 is 0. The van der Waals surface area contributed by atoms with Crippen molar-refractivity contribution < 1.29 is 0 Å². The topological polar surface area (TPSA) is 3.24 Å². The van der Waals surface area contributed by atoms with E-state index in [0.717, 1.165) is 17.8 Å². The van der Waals surface area contributed by atoms with Crippen LogP contribution in [0.4, 0.5) is 17.1 Å². The van der Waals surface area contributed by atoms with Gasteiger partial charge in [0.15, 0.2) is 0 Å². The summed E-state index contributed by atoms with van der Waals surface area (Å²) in [6.45, 7) is 4.74. The van der Waals surface area contributed by atoms with Gasteiger partial charge in [0.05, 0.1) is 0 Å². The molecule has 4 saturated carbocycles. The summed E-state index contributed by atoms with van der Waals surface area (Å²) < 4.78 is 0. The molecule has 12 rings (SSSR count). The number of anilines is 3. The standard InChI is InChI=1S/C53H47N/c1-52(2)49-20-7-6-17-47(49)48-31-44(25-26-50(48)52)54(42-23-21-41(22-24-42)53-32-35-27-36(33-53)29-37(28-35)34-53)43-16-8-15-40(30-43)46-19-10-14-39-13-9-18-45(51(39)46)38-11-4-3-5-12-38/h3-26,30-31,35-37H,27-29,32-34H2,1-2H3. The molecule has 0 atom stereocenters. The molecule has 5 aliphatic rings. The van der Waals surface area contributed by atoms with Crippen LogP contribution in [0.3, 0.4) is 0 Å². The van der Waals surface area contributed by atoms with Gasteiger partial charge in [0.1, 0.15) is 0 Å². The van der Waals surface area contributed by atoms with E-state index in [2.05, 4.69) is 176 Å². The van der Waals surface area contributed by atoms with Crippen LogP contribution in [-0.2, 0) is 10.8 Å². The van der Waals surface area contributed by atoms with Crippen LogP contribution in [0.2, 0.25) is 0 Å². The summed E-state index contributed by atoms with van der Waals surface area (Å²) in [5.41, 5.74) is 16.0. The van der Waals surface area contributed by atoms with Crippen molar-refractivity contribution in [3.63, 3.8) is 0 Å². The first-order valence-corrected chi connectivity index (χ1v) is 20.3. The van der Waals surface area contributed by atoms with Gasteiger partial charge >= 0.3 is 0 Å². The molecule has 7 aromatic rings. The van der Waals surface area contributed by atoms with Gasteiger partial charge < -0.3 is 4.90 Å². The lowest BCUT2D eigenvalue weighted by atomic mass is 9.48. The predicted molar refractivity (Wildman–Crippen MR) is 227 cm³/mol. The number of rotatable bonds is 6. The third-order valence-corrected chi connectivity index (χ3v) is 14.0. The summed E-state index contributed by atoms with van der Waals surface area (Å²) in [6.07, 6.45) is 8.59. The van der Waals surface area contributed by atoms with Gasteiger partial charge in [0, 0.05) is 22.5 Å². The summed E-state index contributed by atoms with van der Waals surface area (Å²) in [6, 6.07) is 59.6. The van der Waals surface area contributed by atoms with E-state index in [0.29, 0.717) is 5.41 Å². The zero-order valence-corrected chi connectivity index (χ0v) is 31.4. The quantitative estimate of drug-likeness (QED) is 0.167. The van der Waals surface area contributed by atoms with Crippen molar-refractivity contribution in [2.45, 2.75) is 63.2 Å². The molecule has 4 fully saturated rings. The highest BCUT2D eigenvalue weighted by Crippen LogP contribution is 2.61. The van der Waals surface area contributed by atoms with Crippen LogP contribution in [0.1, 0.15) is 69.1 Å². The second kappa shape index (κ2) is 12.1. The molecule has 1 heteroatoms. The fraction of sp³-hybridized carbons (Fsp3) is 0.245. The first-order valence-electron chi connectivity index (χ1n) is 20.3. The Hall–Kier alpha value is -5.40. The van der Waals surface area contributed by atoms with E-state index in [4.69, 9.17) is 0 Å². The Morgan fingerprint density at radius 1 is 0.444 bits per heavy atom. The predicted octanol–water partition coefficient (Wildman–Crippen LogP) is 14.4. The molecule has 54 heavy (non-hydrogen) atoms. The van der Waals surface area contributed by atoms with Crippen LogP contribution in [0.15, 0.2) is 158 Å². The molecule has 0 radical (unpaired) electrons. The maximum absolute atomic E-state index is 2.50. The van der Waals surface area contributed by atoms with Gasteiger partial charge in [-0.3, -0.25) is 0 Å². The third-order valence-electron chi connectivity index (χ3n) is 14.0. The second-order valence-corrected chi connectivity index (χ2v) is 17.6. The van der Waals surface area contributed by atoms with Crippen LogP contribution in [0.5, 0.6) is 0 Å². The van der Waals surface area contributed by atoms with Gasteiger partial charge in [-0.15, -0.1) is 0 Å². The zero-order valence-electron chi connectivity index (χ0n) is 31.4. The maximum atomic E-state index is 2.50. The highest BCUT2D eigenvalue weighted by molar-refractivity contribution is 6.06. The highest BCUT2D eigenvalue weighted by atomic mass is 15.1. The van der Waals surface area contributed by atoms with Gasteiger partial charge in [0.25, 0.3) is 0 Å². The minimum Gasteiger partial charge on any atom is -0.310 e. The highest BCUT2D eigenvalue weighted by Gasteiger charge is 2.51. The van der Waals surface area contributed by atoms with Gasteiger partial charge in [0.2, 0.25) is 0 Å². The summed E-state index contributed by atoms with van der Waals surface area (Å²) in [7, 11) is 0. The Kier molecular flexibility index (Phi) is 7.16. The van der Waals surface area contributed by atoms with Crippen molar-refractivity contribution in [3.05, 3.63) is 174 Å². The molecule has 0 unspecified atom stereocenters. The molecule has 4 bridgehead atoms. The average Bonchev–Trinajstić information content (AvgIpc) is 3.43. The van der Waals surface area contributed by atoms with E-state index in [1.165, 1.54) is 111 Å². The fourth-order valence-electron chi connectivity index (χ4n) is 12.0. The Balaban J connectivity index is 1.06. The molecule has 0 saturated heterocycles. The molecule has 0 amide bonds. The van der Waals surface area contributed by atoms with Crippen LogP contribution >= 0.6 is 0 Å². The van der Waals surface area contributed by atoms with Crippen molar-refractivity contribution in [1.29, 1.82) is 0 Å². The first kappa shape index (κ1) is 32.1. The summed E-state index contributed by atoms with van der Waals surface area (Å²) in [5, 5.41) is 2.56. The molecular weight excluding hydrogens is 651 g/mol. The van der Waals surface area contributed by atoms with E-state index in [1.54, 1.807) is 5.56 Å². The lowest BCUT2D eigenvalue weighted by Crippen LogP contribution is -2.48. The monoisotopic (exact) mass is 697 g/mol. The number of hydrogen-bond donors (Lipinski definition) is 0. The second-order valence-electron chi connectivity index (χ2n) is 17.6. The molecule has 7 aromatic carbocycles. The van der Waals surface area contributed by atoms with Crippen LogP contribution < -0.4 is 4.90 Å². The molecule has 1 nitrogen and oxygen atoms in total. The van der Waals surface area contributed by atoms with Crippen LogP contribution in [-0.4, -0.2) is 0 Å². The van der Waals surface area contributed by atoms with Gasteiger partial charge in [-0.2, -0.15) is 0 Å². The average molecular weight is 698 g/mol. The van der Waals surface area contributed by atoms with E-state index >= 15 is 0 Å². The molecule has 5 aliphatic carbocycles. The Morgan fingerprint density at radius 3 is 1.72 bits per heavy atom. The minimum atomic E-state index is -0.0282. The van der Waals surface area contributed by atoms with Crippen molar-refractivity contribution in [2.75, 3.05) is 4.90 Å². The van der Waals surface area contributed by atoms with Crippen LogP contribution in [0.25, 0.3) is 44.2 Å². The van der Waals surface area contributed by atoms with Gasteiger partial charge in [-0.05, 0) is 159 Å². The van der Waals surface area contributed by atoms with E-state index in [9.17, 15) is 0 Å². The number of nitrogens with zero attached hydrogens (tertiary/aromatic N) is 1. The lowest BCUT2D eigenvalue weighted by Gasteiger charge is -2.57. The summed E-state index contributed by atoms with van der Waals surface area (Å²) in [5.74, 6) is 2.81. The third kappa shape index (κ3) is 4.97. The smallest absolute Gasteiger partial charge is 0.0468 e. The van der Waals surface area contributed by atoms with E-state index < -0.39 is 0 Å². The maximum Gasteiger partial charge on any atom is 0.0468 e. The van der Waals surface area contributed by atoms with Crippen molar-refractivity contribution in [1.82, 2.24) is 0 Å². The van der Waals surface area contributed by atoms with Gasteiger partial charge in [-0.25, -0.2) is 0 Å². The molecular formula is C53H47N. The molecule has 0 N–H and O–H groups in total. The normalized spacial score (nSPS) is 23.0. The number of benzene rings is 7. The Morgan fingerprint density at radius 2 is 1.00 bits per heavy atom. The van der Waals surface area contributed by atoms with Crippen molar-refractivity contribution in [3.8, 4) is 33.4 Å². The number of fused-ring (bicyclic) bond motifs is 4. The van der Waals surface area contributed by atoms with E-state index in [-0.39, 0.29) is 5.41 Å². The van der Waals surface area contributed by atoms with Crippen LogP contribution in [0, 0.1) is 17.8 Å². The Labute approximate surface area is 320 Å². The lowest BCUT2D eigenvalue weighted by molar-refractivity contribution is -0.00518. The van der Waals surface area contributed by atoms with Crippen molar-refractivity contribution in [2.24, 2.45) is 17.8 Å². The summed E-state index contributed by atoms with van der Waals surface area (Å²) in [4.78, 5) is 2.50. The first-order chi connectivity index (χ1) is 26.4. The molecule has 0 aliphatic heterocycles. The molecule has 0 spiro atoms. The minimum absolute atomic E-state index is 0.0282. The molecule has 0 aromatic heterocycles. The fourth-order valence-corrected chi connectivity index (χ4v) is 12.0. The molecule has 264 valence electrons.